The molecule has 1 atom stereocenters. The van der Waals surface area contributed by atoms with Crippen LogP contribution in [0.3, 0.4) is 0 Å². The summed E-state index contributed by atoms with van der Waals surface area (Å²) in [4.78, 5) is 11.1. The first kappa shape index (κ1) is 19.8. The normalized spacial score (nSPS) is 13.3. The molecule has 0 radical (unpaired) electrons. The van der Waals surface area contributed by atoms with Crippen LogP contribution in [0.4, 0.5) is 0 Å². The molecule has 0 aliphatic heterocycles. The van der Waals surface area contributed by atoms with Gasteiger partial charge in [-0.3, -0.25) is 4.79 Å². The molecule has 1 unspecified atom stereocenters. The summed E-state index contributed by atoms with van der Waals surface area (Å²) in [6.07, 6.45) is 8.76. The zero-order valence-corrected chi connectivity index (χ0v) is 15.1. The molecule has 0 aromatic heterocycles. The standard InChI is InChI=1S/C13H22BrCl3O2/c1-19-12(18)9-7-5-3-2-4-6-8-11(14)10-13(15,16)17/h11H,2-10H2,1H3. The number of alkyl halides is 4. The van der Waals surface area contributed by atoms with Crippen molar-refractivity contribution in [2.24, 2.45) is 0 Å². The summed E-state index contributed by atoms with van der Waals surface area (Å²) in [6.45, 7) is 0. The summed E-state index contributed by atoms with van der Waals surface area (Å²) in [6, 6.07) is 0. The van der Waals surface area contributed by atoms with Crippen LogP contribution in [0.25, 0.3) is 0 Å². The van der Waals surface area contributed by atoms with Crippen molar-refractivity contribution in [2.75, 3.05) is 7.11 Å². The predicted octanol–water partition coefficient (Wildman–Crippen LogP) is 5.80. The van der Waals surface area contributed by atoms with Gasteiger partial charge in [0, 0.05) is 17.7 Å². The molecule has 0 aromatic carbocycles. The maximum absolute atomic E-state index is 10.9. The lowest BCUT2D eigenvalue weighted by atomic mass is 10.1. The lowest BCUT2D eigenvalue weighted by Gasteiger charge is -2.15. The Hall–Kier alpha value is 0.820. The molecular weight excluding hydrogens is 374 g/mol. The Kier molecular flexibility index (Phi) is 12.0. The van der Waals surface area contributed by atoms with Crippen LogP contribution in [0.5, 0.6) is 0 Å². The molecule has 0 heterocycles. The molecule has 0 bridgehead atoms. The monoisotopic (exact) mass is 394 g/mol. The molecule has 0 fully saturated rings. The number of hydrogen-bond donors (Lipinski definition) is 0. The molecule has 6 heteroatoms. The number of carbonyl (C=O) groups is 1. The second kappa shape index (κ2) is 11.5. The van der Waals surface area contributed by atoms with Crippen LogP contribution in [0.1, 0.15) is 57.8 Å². The van der Waals surface area contributed by atoms with Gasteiger partial charge in [0.05, 0.1) is 7.11 Å². The van der Waals surface area contributed by atoms with Crippen LogP contribution < -0.4 is 0 Å². The molecule has 0 aromatic rings. The molecule has 114 valence electrons. The molecule has 2 nitrogen and oxygen atoms in total. The van der Waals surface area contributed by atoms with Gasteiger partial charge < -0.3 is 4.74 Å². The van der Waals surface area contributed by atoms with Gasteiger partial charge in [-0.15, -0.1) is 0 Å². The second-order valence-electron chi connectivity index (χ2n) is 4.65. The van der Waals surface area contributed by atoms with Gasteiger partial charge in [0.25, 0.3) is 0 Å². The topological polar surface area (TPSA) is 26.3 Å². The minimum absolute atomic E-state index is 0.117. The second-order valence-corrected chi connectivity index (χ2v) is 8.46. The van der Waals surface area contributed by atoms with Crippen LogP contribution >= 0.6 is 50.7 Å². The van der Waals surface area contributed by atoms with E-state index in [-0.39, 0.29) is 10.8 Å². The van der Waals surface area contributed by atoms with E-state index in [4.69, 9.17) is 34.8 Å². The molecule has 0 aliphatic rings. The number of unbranched alkanes of at least 4 members (excludes halogenated alkanes) is 5. The van der Waals surface area contributed by atoms with Gasteiger partial charge in [-0.25, -0.2) is 0 Å². The highest BCUT2D eigenvalue weighted by molar-refractivity contribution is 9.09. The lowest BCUT2D eigenvalue weighted by molar-refractivity contribution is -0.140. The Balaban J connectivity index is 3.29. The van der Waals surface area contributed by atoms with E-state index in [0.29, 0.717) is 12.8 Å². The van der Waals surface area contributed by atoms with Crippen molar-refractivity contribution in [1.82, 2.24) is 0 Å². The Morgan fingerprint density at radius 1 is 1.11 bits per heavy atom. The van der Waals surface area contributed by atoms with E-state index in [1.54, 1.807) is 0 Å². The Morgan fingerprint density at radius 3 is 2.16 bits per heavy atom. The third kappa shape index (κ3) is 15.0. The van der Waals surface area contributed by atoms with Gasteiger partial charge in [0.15, 0.2) is 3.79 Å². The molecular formula is C13H22BrCl3O2. The van der Waals surface area contributed by atoms with E-state index in [9.17, 15) is 4.79 Å². The summed E-state index contributed by atoms with van der Waals surface area (Å²) in [5.41, 5.74) is 0. The highest BCUT2D eigenvalue weighted by Gasteiger charge is 2.23. The van der Waals surface area contributed by atoms with Crippen molar-refractivity contribution in [2.45, 2.75) is 66.4 Å². The molecule has 0 saturated carbocycles. The quantitative estimate of drug-likeness (QED) is 0.265. The smallest absolute Gasteiger partial charge is 0.305 e. The van der Waals surface area contributed by atoms with E-state index in [2.05, 4.69) is 20.7 Å². The summed E-state index contributed by atoms with van der Waals surface area (Å²) in [5.74, 6) is -0.117. The predicted molar refractivity (Wildman–Crippen MR) is 86.6 cm³/mol. The van der Waals surface area contributed by atoms with E-state index in [1.807, 2.05) is 0 Å². The molecule has 0 amide bonds. The minimum atomic E-state index is -1.16. The first-order chi connectivity index (χ1) is 8.85. The van der Waals surface area contributed by atoms with Crippen LogP contribution in [0.2, 0.25) is 0 Å². The van der Waals surface area contributed by atoms with Gasteiger partial charge >= 0.3 is 5.97 Å². The van der Waals surface area contributed by atoms with E-state index < -0.39 is 3.79 Å². The molecule has 0 aliphatic carbocycles. The van der Waals surface area contributed by atoms with Crippen molar-refractivity contribution in [3.05, 3.63) is 0 Å². The highest BCUT2D eigenvalue weighted by Crippen LogP contribution is 2.34. The van der Waals surface area contributed by atoms with E-state index in [0.717, 1.165) is 32.1 Å². The first-order valence-corrected chi connectivity index (χ1v) is 8.67. The Bertz CT molecular complexity index is 245. The fourth-order valence-corrected chi connectivity index (χ4v) is 3.72. The van der Waals surface area contributed by atoms with Crippen LogP contribution in [-0.2, 0) is 9.53 Å². The zero-order valence-electron chi connectivity index (χ0n) is 11.3. The van der Waals surface area contributed by atoms with Gasteiger partial charge in [-0.05, 0) is 12.8 Å². The summed E-state index contributed by atoms with van der Waals surface area (Å²) in [5, 5.41) is 0. The number of ether oxygens (including phenoxy) is 1. The lowest BCUT2D eigenvalue weighted by Crippen LogP contribution is -2.11. The van der Waals surface area contributed by atoms with Crippen molar-refractivity contribution in [1.29, 1.82) is 0 Å². The van der Waals surface area contributed by atoms with Gasteiger partial charge in [-0.2, -0.15) is 0 Å². The number of halogens is 4. The number of esters is 1. The van der Waals surface area contributed by atoms with Crippen LogP contribution in [-0.4, -0.2) is 21.7 Å². The van der Waals surface area contributed by atoms with E-state index >= 15 is 0 Å². The third-order valence-corrected chi connectivity index (χ3v) is 4.07. The SMILES string of the molecule is COC(=O)CCCCCCCCC(Br)CC(Cl)(Cl)Cl. The van der Waals surface area contributed by atoms with Gasteiger partial charge in [0.2, 0.25) is 0 Å². The van der Waals surface area contributed by atoms with Crippen molar-refractivity contribution in [3.8, 4) is 0 Å². The van der Waals surface area contributed by atoms with Gasteiger partial charge in [-0.1, -0.05) is 82.8 Å². The molecule has 0 rings (SSSR count). The van der Waals surface area contributed by atoms with Crippen molar-refractivity contribution in [3.63, 3.8) is 0 Å². The average molecular weight is 397 g/mol. The zero-order chi connectivity index (χ0) is 14.7. The third-order valence-electron chi connectivity index (χ3n) is 2.83. The average Bonchev–Trinajstić information content (AvgIpc) is 2.29. The maximum atomic E-state index is 10.9. The molecule has 0 N–H and O–H groups in total. The van der Waals surface area contributed by atoms with Gasteiger partial charge in [0.1, 0.15) is 0 Å². The summed E-state index contributed by atoms with van der Waals surface area (Å²) >= 11 is 20.7. The van der Waals surface area contributed by atoms with E-state index in [1.165, 1.54) is 20.0 Å². The maximum Gasteiger partial charge on any atom is 0.305 e. The molecule has 0 spiro atoms. The van der Waals surface area contributed by atoms with Crippen molar-refractivity contribution < 1.29 is 9.53 Å². The fraction of sp³-hybridized carbons (Fsp3) is 0.923. The summed E-state index contributed by atoms with van der Waals surface area (Å²) < 4.78 is 3.42. The highest BCUT2D eigenvalue weighted by atomic mass is 79.9. The largest absolute Gasteiger partial charge is 0.469 e. The van der Waals surface area contributed by atoms with Crippen LogP contribution in [0, 0.1) is 0 Å². The Morgan fingerprint density at radius 2 is 1.63 bits per heavy atom. The minimum Gasteiger partial charge on any atom is -0.469 e. The number of hydrogen-bond acceptors (Lipinski definition) is 2. The summed E-state index contributed by atoms with van der Waals surface area (Å²) in [7, 11) is 1.43. The van der Waals surface area contributed by atoms with Crippen LogP contribution in [0.15, 0.2) is 0 Å². The number of methoxy groups -OCH3 is 1. The molecule has 0 saturated heterocycles. The number of rotatable bonds is 10. The first-order valence-electron chi connectivity index (χ1n) is 6.63. The molecule has 19 heavy (non-hydrogen) atoms. The number of carbonyl (C=O) groups excluding carboxylic acids is 1. The van der Waals surface area contributed by atoms with Crippen molar-refractivity contribution >= 4 is 56.7 Å². The Labute approximate surface area is 139 Å². The fourth-order valence-electron chi connectivity index (χ4n) is 1.80.